The van der Waals surface area contributed by atoms with E-state index in [-0.39, 0.29) is 5.82 Å². The Morgan fingerprint density at radius 3 is 2.78 bits per heavy atom. The molecule has 2 rings (SSSR count). The third kappa shape index (κ3) is 2.90. The highest BCUT2D eigenvalue weighted by Crippen LogP contribution is 2.32. The lowest BCUT2D eigenvalue weighted by Gasteiger charge is -2.04. The maximum absolute atomic E-state index is 13.4. The predicted molar refractivity (Wildman–Crippen MR) is 77.8 cm³/mol. The Balaban J connectivity index is 2.35. The maximum atomic E-state index is 13.4. The third-order valence-corrected chi connectivity index (χ3v) is 4.26. The molecule has 0 saturated heterocycles. The van der Waals surface area contributed by atoms with Crippen LogP contribution in [0, 0.1) is 5.82 Å². The van der Waals surface area contributed by atoms with Crippen LogP contribution in [0.1, 0.15) is 37.1 Å². The predicted octanol–water partition coefficient (Wildman–Crippen LogP) is 4.49. The molecular formula is C15H20FNS. The van der Waals surface area contributed by atoms with Crippen molar-refractivity contribution >= 4 is 21.4 Å². The highest BCUT2D eigenvalue weighted by atomic mass is 32.1. The standard InChI is InChI=1S/C15H20FNS/c1-3-5-12-13-9-11(16)6-7-14(13)18-15(12)10-17-8-4-2/h6-7,9,17H,3-5,8,10H2,1-2H3. The van der Waals surface area contributed by atoms with E-state index in [1.807, 2.05) is 6.07 Å². The number of fused-ring (bicyclic) bond motifs is 1. The van der Waals surface area contributed by atoms with Gasteiger partial charge < -0.3 is 5.32 Å². The minimum Gasteiger partial charge on any atom is -0.312 e. The van der Waals surface area contributed by atoms with Crippen LogP contribution in [0.2, 0.25) is 0 Å². The summed E-state index contributed by atoms with van der Waals surface area (Å²) in [5.41, 5.74) is 1.33. The van der Waals surface area contributed by atoms with Gasteiger partial charge in [0.15, 0.2) is 0 Å². The van der Waals surface area contributed by atoms with Crippen molar-refractivity contribution in [3.05, 3.63) is 34.5 Å². The Hall–Kier alpha value is -0.930. The largest absolute Gasteiger partial charge is 0.312 e. The molecule has 98 valence electrons. The zero-order chi connectivity index (χ0) is 13.0. The summed E-state index contributed by atoms with van der Waals surface area (Å²) in [5.74, 6) is -0.134. The van der Waals surface area contributed by atoms with Gasteiger partial charge >= 0.3 is 0 Å². The van der Waals surface area contributed by atoms with Gasteiger partial charge in [0.1, 0.15) is 5.82 Å². The second kappa shape index (κ2) is 6.30. The molecular weight excluding hydrogens is 245 g/mol. The number of nitrogens with one attached hydrogen (secondary N) is 1. The van der Waals surface area contributed by atoms with Crippen LogP contribution in [0.25, 0.3) is 10.1 Å². The molecule has 1 aromatic carbocycles. The van der Waals surface area contributed by atoms with Crippen molar-refractivity contribution in [3.8, 4) is 0 Å². The van der Waals surface area contributed by atoms with E-state index < -0.39 is 0 Å². The first-order valence-electron chi connectivity index (χ1n) is 6.66. The van der Waals surface area contributed by atoms with Crippen molar-refractivity contribution in [2.45, 2.75) is 39.7 Å². The lowest BCUT2D eigenvalue weighted by Crippen LogP contribution is -2.13. The van der Waals surface area contributed by atoms with Gasteiger partial charge in [-0.1, -0.05) is 20.3 Å². The van der Waals surface area contributed by atoms with E-state index in [1.54, 1.807) is 23.5 Å². The molecule has 0 atom stereocenters. The van der Waals surface area contributed by atoms with Crippen LogP contribution in [0.5, 0.6) is 0 Å². The van der Waals surface area contributed by atoms with Crippen LogP contribution < -0.4 is 5.32 Å². The van der Waals surface area contributed by atoms with Crippen LogP contribution in [0.3, 0.4) is 0 Å². The van der Waals surface area contributed by atoms with E-state index >= 15 is 0 Å². The van der Waals surface area contributed by atoms with Gasteiger partial charge in [0.25, 0.3) is 0 Å². The molecule has 1 nitrogen and oxygen atoms in total. The molecule has 0 bridgehead atoms. The Kier molecular flexibility index (Phi) is 4.72. The van der Waals surface area contributed by atoms with Gasteiger partial charge in [0.2, 0.25) is 0 Å². The van der Waals surface area contributed by atoms with Crippen LogP contribution >= 0.6 is 11.3 Å². The van der Waals surface area contributed by atoms with Gasteiger partial charge in [0.05, 0.1) is 0 Å². The number of benzene rings is 1. The van der Waals surface area contributed by atoms with E-state index in [4.69, 9.17) is 0 Å². The van der Waals surface area contributed by atoms with Crippen LogP contribution in [0.4, 0.5) is 4.39 Å². The van der Waals surface area contributed by atoms with Crippen molar-refractivity contribution in [2.75, 3.05) is 6.54 Å². The van der Waals surface area contributed by atoms with E-state index in [0.717, 1.165) is 37.7 Å². The minimum absolute atomic E-state index is 0.134. The van der Waals surface area contributed by atoms with Crippen molar-refractivity contribution in [1.29, 1.82) is 0 Å². The van der Waals surface area contributed by atoms with E-state index in [0.29, 0.717) is 0 Å². The van der Waals surface area contributed by atoms with Crippen LogP contribution in [-0.4, -0.2) is 6.54 Å². The normalized spacial score (nSPS) is 11.3. The van der Waals surface area contributed by atoms with Crippen molar-refractivity contribution < 1.29 is 4.39 Å². The Morgan fingerprint density at radius 1 is 1.22 bits per heavy atom. The molecule has 1 N–H and O–H groups in total. The molecule has 0 aliphatic rings. The topological polar surface area (TPSA) is 12.0 Å². The quantitative estimate of drug-likeness (QED) is 0.759. The van der Waals surface area contributed by atoms with E-state index in [1.165, 1.54) is 15.1 Å². The van der Waals surface area contributed by atoms with Crippen molar-refractivity contribution in [2.24, 2.45) is 0 Å². The number of thiophene rings is 1. The summed E-state index contributed by atoms with van der Waals surface area (Å²) in [6, 6.07) is 5.13. The Labute approximate surface area is 112 Å². The van der Waals surface area contributed by atoms with Crippen LogP contribution in [-0.2, 0) is 13.0 Å². The van der Waals surface area contributed by atoms with Gasteiger partial charge in [-0.2, -0.15) is 0 Å². The first-order chi connectivity index (χ1) is 8.76. The zero-order valence-electron chi connectivity index (χ0n) is 11.1. The summed E-state index contributed by atoms with van der Waals surface area (Å²) in [5, 5.41) is 4.55. The van der Waals surface area contributed by atoms with E-state index in [2.05, 4.69) is 19.2 Å². The first kappa shape index (κ1) is 13.5. The zero-order valence-corrected chi connectivity index (χ0v) is 11.9. The number of aryl methyl sites for hydroxylation is 1. The average Bonchev–Trinajstić information content (AvgIpc) is 2.68. The van der Waals surface area contributed by atoms with Gasteiger partial charge in [-0.25, -0.2) is 4.39 Å². The molecule has 0 aliphatic carbocycles. The van der Waals surface area contributed by atoms with Gasteiger partial charge in [-0.05, 0) is 48.5 Å². The average molecular weight is 265 g/mol. The molecule has 0 amide bonds. The fraction of sp³-hybridized carbons (Fsp3) is 0.467. The molecule has 18 heavy (non-hydrogen) atoms. The SMILES string of the molecule is CCCNCc1sc2ccc(F)cc2c1CCC. The molecule has 0 aliphatic heterocycles. The molecule has 1 aromatic heterocycles. The maximum Gasteiger partial charge on any atom is 0.123 e. The molecule has 0 unspecified atom stereocenters. The minimum atomic E-state index is -0.134. The number of hydrogen-bond acceptors (Lipinski definition) is 2. The number of rotatable bonds is 6. The fourth-order valence-electron chi connectivity index (χ4n) is 2.22. The summed E-state index contributed by atoms with van der Waals surface area (Å²) in [4.78, 5) is 1.37. The molecule has 2 aromatic rings. The van der Waals surface area contributed by atoms with Crippen LogP contribution in [0.15, 0.2) is 18.2 Å². The molecule has 0 fully saturated rings. The van der Waals surface area contributed by atoms with Gasteiger partial charge in [0, 0.05) is 16.1 Å². The fourth-order valence-corrected chi connectivity index (χ4v) is 3.42. The second-order valence-corrected chi connectivity index (χ2v) is 5.71. The molecule has 0 saturated carbocycles. The third-order valence-electron chi connectivity index (χ3n) is 3.05. The van der Waals surface area contributed by atoms with Crippen molar-refractivity contribution in [1.82, 2.24) is 5.32 Å². The summed E-state index contributed by atoms with van der Waals surface area (Å²) in [6.45, 7) is 6.28. The van der Waals surface area contributed by atoms with Gasteiger partial charge in [-0.15, -0.1) is 11.3 Å². The smallest absolute Gasteiger partial charge is 0.123 e. The Bertz CT molecular complexity index is 518. The highest BCUT2D eigenvalue weighted by molar-refractivity contribution is 7.19. The summed E-state index contributed by atoms with van der Waals surface area (Å²) in [6.07, 6.45) is 3.28. The molecule has 0 spiro atoms. The summed E-state index contributed by atoms with van der Waals surface area (Å²) >= 11 is 1.79. The molecule has 3 heteroatoms. The lowest BCUT2D eigenvalue weighted by atomic mass is 10.1. The first-order valence-corrected chi connectivity index (χ1v) is 7.48. The molecule has 0 radical (unpaired) electrons. The monoisotopic (exact) mass is 265 g/mol. The lowest BCUT2D eigenvalue weighted by molar-refractivity contribution is 0.629. The summed E-state index contributed by atoms with van der Waals surface area (Å²) in [7, 11) is 0. The Morgan fingerprint density at radius 2 is 2.06 bits per heavy atom. The van der Waals surface area contributed by atoms with Gasteiger partial charge in [-0.3, -0.25) is 0 Å². The number of halogens is 1. The summed E-state index contributed by atoms with van der Waals surface area (Å²) < 4.78 is 14.6. The van der Waals surface area contributed by atoms with E-state index in [9.17, 15) is 4.39 Å². The van der Waals surface area contributed by atoms with Crippen molar-refractivity contribution in [3.63, 3.8) is 0 Å². The number of hydrogen-bond donors (Lipinski definition) is 1. The second-order valence-electron chi connectivity index (χ2n) is 4.57. The molecule has 1 heterocycles. The highest BCUT2D eigenvalue weighted by Gasteiger charge is 2.11.